The monoisotopic (exact) mass is 294 g/mol. The average molecular weight is 294 g/mol. The summed E-state index contributed by atoms with van der Waals surface area (Å²) in [6.07, 6.45) is 0.245. The molecular formula is C17H14N2O3. The summed E-state index contributed by atoms with van der Waals surface area (Å²) < 4.78 is 1.10. The van der Waals surface area contributed by atoms with E-state index in [-0.39, 0.29) is 17.9 Å². The molecule has 0 fully saturated rings. The lowest BCUT2D eigenvalue weighted by molar-refractivity contribution is 0.424. The first kappa shape index (κ1) is 13.9. The van der Waals surface area contributed by atoms with Crippen molar-refractivity contribution >= 4 is 0 Å². The largest absolute Gasteiger partial charge is 0.494 e. The highest BCUT2D eigenvalue weighted by atomic mass is 16.3. The van der Waals surface area contributed by atoms with E-state index in [0.717, 1.165) is 10.1 Å². The number of aromatic amines is 1. The Kier molecular flexibility index (Phi) is 3.62. The molecule has 0 spiro atoms. The number of nitrogens with zero attached hydrogens (tertiary/aromatic N) is 1. The van der Waals surface area contributed by atoms with E-state index in [0.29, 0.717) is 5.69 Å². The molecule has 0 saturated carbocycles. The Morgan fingerprint density at radius 1 is 0.909 bits per heavy atom. The number of benzene rings is 2. The quantitative estimate of drug-likeness (QED) is 0.773. The summed E-state index contributed by atoms with van der Waals surface area (Å²) in [5.74, 6) is -0.330. The van der Waals surface area contributed by atoms with E-state index in [2.05, 4.69) is 4.98 Å². The van der Waals surface area contributed by atoms with Crippen LogP contribution in [0.4, 0.5) is 0 Å². The highest BCUT2D eigenvalue weighted by molar-refractivity contribution is 5.39. The second-order valence-corrected chi connectivity index (χ2v) is 4.89. The van der Waals surface area contributed by atoms with E-state index in [1.165, 1.54) is 0 Å². The molecule has 2 N–H and O–H groups in total. The minimum atomic E-state index is -0.662. The first-order valence-corrected chi connectivity index (χ1v) is 6.83. The van der Waals surface area contributed by atoms with E-state index >= 15 is 0 Å². The molecular weight excluding hydrogens is 280 g/mol. The predicted molar refractivity (Wildman–Crippen MR) is 83.6 cm³/mol. The van der Waals surface area contributed by atoms with Crippen molar-refractivity contribution in [3.63, 3.8) is 0 Å². The number of hydrogen-bond acceptors (Lipinski definition) is 3. The Labute approximate surface area is 126 Å². The van der Waals surface area contributed by atoms with Crippen molar-refractivity contribution in [2.45, 2.75) is 6.42 Å². The Morgan fingerprint density at radius 2 is 1.50 bits per heavy atom. The summed E-state index contributed by atoms with van der Waals surface area (Å²) in [7, 11) is 0. The van der Waals surface area contributed by atoms with Crippen molar-refractivity contribution in [2.24, 2.45) is 0 Å². The lowest BCUT2D eigenvalue weighted by Gasteiger charge is -2.11. The molecule has 0 amide bonds. The molecule has 0 aliphatic heterocycles. The molecule has 22 heavy (non-hydrogen) atoms. The molecule has 0 bridgehead atoms. The lowest BCUT2D eigenvalue weighted by Crippen LogP contribution is -2.31. The van der Waals surface area contributed by atoms with Gasteiger partial charge in [0, 0.05) is 6.42 Å². The molecule has 0 saturated heterocycles. The fraction of sp³-hybridized carbons (Fsp3) is 0.0588. The highest BCUT2D eigenvalue weighted by Gasteiger charge is 2.15. The molecule has 0 unspecified atom stereocenters. The SMILES string of the molecule is O=c1[nH]c(=O)n(-c2ccccc2)c(O)c1Cc1ccccc1. The maximum Gasteiger partial charge on any atom is 0.335 e. The van der Waals surface area contributed by atoms with E-state index in [1.807, 2.05) is 36.4 Å². The van der Waals surface area contributed by atoms with Crippen LogP contribution in [0.2, 0.25) is 0 Å². The molecule has 0 aliphatic rings. The topological polar surface area (TPSA) is 75.1 Å². The van der Waals surface area contributed by atoms with Gasteiger partial charge in [-0.25, -0.2) is 9.36 Å². The summed E-state index contributed by atoms with van der Waals surface area (Å²) in [6.45, 7) is 0. The second-order valence-electron chi connectivity index (χ2n) is 4.89. The van der Waals surface area contributed by atoms with Gasteiger partial charge in [0.1, 0.15) is 0 Å². The number of nitrogens with one attached hydrogen (secondary N) is 1. The zero-order chi connectivity index (χ0) is 15.5. The second kappa shape index (κ2) is 5.73. The fourth-order valence-corrected chi connectivity index (χ4v) is 2.34. The number of aromatic nitrogens is 2. The number of aromatic hydroxyl groups is 1. The Bertz CT molecular complexity index is 897. The Morgan fingerprint density at radius 3 is 2.14 bits per heavy atom. The van der Waals surface area contributed by atoms with Gasteiger partial charge in [0.25, 0.3) is 5.56 Å². The van der Waals surface area contributed by atoms with Crippen molar-refractivity contribution in [2.75, 3.05) is 0 Å². The third-order valence-electron chi connectivity index (χ3n) is 3.42. The maximum absolute atomic E-state index is 12.0. The fourth-order valence-electron chi connectivity index (χ4n) is 2.34. The van der Waals surface area contributed by atoms with E-state index in [1.54, 1.807) is 24.3 Å². The van der Waals surface area contributed by atoms with Crippen molar-refractivity contribution in [3.8, 4) is 11.6 Å². The van der Waals surface area contributed by atoms with Gasteiger partial charge in [0.05, 0.1) is 11.3 Å². The summed E-state index contributed by atoms with van der Waals surface area (Å²) >= 11 is 0. The molecule has 0 aliphatic carbocycles. The number of para-hydroxylation sites is 1. The van der Waals surface area contributed by atoms with Crippen LogP contribution in [-0.4, -0.2) is 14.7 Å². The summed E-state index contributed by atoms with van der Waals surface area (Å²) in [6, 6.07) is 18.0. The van der Waals surface area contributed by atoms with E-state index in [4.69, 9.17) is 0 Å². The lowest BCUT2D eigenvalue weighted by atomic mass is 10.1. The number of H-pyrrole nitrogens is 1. The van der Waals surface area contributed by atoms with Crippen LogP contribution < -0.4 is 11.2 Å². The van der Waals surface area contributed by atoms with Crippen molar-refractivity contribution < 1.29 is 5.11 Å². The standard InChI is InChI=1S/C17H14N2O3/c20-15-14(11-12-7-3-1-4-8-12)16(21)19(17(22)18-15)13-9-5-2-6-10-13/h1-10,21H,11H2,(H,18,20,22). The average Bonchev–Trinajstić information content (AvgIpc) is 2.53. The van der Waals surface area contributed by atoms with Crippen LogP contribution in [-0.2, 0) is 6.42 Å². The zero-order valence-corrected chi connectivity index (χ0v) is 11.7. The number of hydrogen-bond donors (Lipinski definition) is 2. The van der Waals surface area contributed by atoms with Gasteiger partial charge in [0.2, 0.25) is 5.88 Å². The van der Waals surface area contributed by atoms with Gasteiger partial charge in [-0.2, -0.15) is 0 Å². The van der Waals surface area contributed by atoms with Crippen LogP contribution in [0.15, 0.2) is 70.3 Å². The highest BCUT2D eigenvalue weighted by Crippen LogP contribution is 2.18. The van der Waals surface area contributed by atoms with Crippen molar-refractivity contribution in [3.05, 3.63) is 92.6 Å². The van der Waals surface area contributed by atoms with Gasteiger partial charge in [0.15, 0.2) is 0 Å². The first-order chi connectivity index (χ1) is 10.7. The molecule has 1 heterocycles. The summed E-state index contributed by atoms with van der Waals surface area (Å²) in [4.78, 5) is 26.3. The van der Waals surface area contributed by atoms with Gasteiger partial charge < -0.3 is 5.11 Å². The minimum absolute atomic E-state index is 0.162. The van der Waals surface area contributed by atoms with E-state index < -0.39 is 11.2 Å². The van der Waals surface area contributed by atoms with Crippen molar-refractivity contribution in [1.82, 2.24) is 9.55 Å². The molecule has 3 rings (SSSR count). The summed E-state index contributed by atoms with van der Waals surface area (Å²) in [5, 5.41) is 10.4. The zero-order valence-electron chi connectivity index (χ0n) is 11.7. The van der Waals surface area contributed by atoms with Gasteiger partial charge >= 0.3 is 5.69 Å². The van der Waals surface area contributed by atoms with Crippen LogP contribution in [0.5, 0.6) is 5.88 Å². The molecule has 5 heteroatoms. The van der Waals surface area contributed by atoms with Crippen LogP contribution >= 0.6 is 0 Å². The summed E-state index contributed by atoms with van der Waals surface area (Å²) in [5.41, 5.74) is 0.302. The maximum atomic E-state index is 12.0. The minimum Gasteiger partial charge on any atom is -0.494 e. The van der Waals surface area contributed by atoms with E-state index in [9.17, 15) is 14.7 Å². The van der Waals surface area contributed by atoms with Gasteiger partial charge in [-0.1, -0.05) is 48.5 Å². The molecule has 2 aromatic carbocycles. The van der Waals surface area contributed by atoms with Gasteiger partial charge in [-0.05, 0) is 17.7 Å². The molecule has 3 aromatic rings. The van der Waals surface area contributed by atoms with Crippen molar-refractivity contribution in [1.29, 1.82) is 0 Å². The number of rotatable bonds is 3. The van der Waals surface area contributed by atoms with Gasteiger partial charge in [-0.15, -0.1) is 0 Å². The molecule has 0 radical (unpaired) electrons. The van der Waals surface area contributed by atoms with Crippen LogP contribution in [0.25, 0.3) is 5.69 Å². The van der Waals surface area contributed by atoms with Gasteiger partial charge in [-0.3, -0.25) is 9.78 Å². The molecule has 0 atom stereocenters. The Balaban J connectivity index is 2.16. The van der Waals surface area contributed by atoms with Crippen LogP contribution in [0.3, 0.4) is 0 Å². The molecule has 1 aromatic heterocycles. The molecule has 110 valence electrons. The third-order valence-corrected chi connectivity index (χ3v) is 3.42. The first-order valence-electron chi connectivity index (χ1n) is 6.83. The normalized spacial score (nSPS) is 10.5. The smallest absolute Gasteiger partial charge is 0.335 e. The predicted octanol–water partition coefficient (Wildman–Crippen LogP) is 1.82. The molecule has 5 nitrogen and oxygen atoms in total. The van der Waals surface area contributed by atoms with Crippen LogP contribution in [0, 0.1) is 0 Å². The van der Waals surface area contributed by atoms with Crippen LogP contribution in [0.1, 0.15) is 11.1 Å². The third kappa shape index (κ3) is 2.56. The Hall–Kier alpha value is -3.08.